The highest BCUT2D eigenvalue weighted by Gasteiger charge is 2.27. The first-order valence-electron chi connectivity index (χ1n) is 7.08. The van der Waals surface area contributed by atoms with E-state index in [4.69, 9.17) is 10.2 Å². The fraction of sp³-hybridized carbons (Fsp3) is 1.00. The van der Waals surface area contributed by atoms with Crippen LogP contribution < -0.4 is 5.73 Å². The highest BCUT2D eigenvalue weighted by molar-refractivity contribution is 6.80. The van der Waals surface area contributed by atoms with Gasteiger partial charge in [-0.25, -0.2) is 0 Å². The second-order valence-electron chi connectivity index (χ2n) is 6.58. The van der Waals surface area contributed by atoms with Crippen molar-refractivity contribution >= 4 is 16.4 Å². The predicted molar refractivity (Wildman–Crippen MR) is 83.9 cm³/mol. The van der Waals surface area contributed by atoms with Crippen molar-refractivity contribution < 1.29 is 4.43 Å². The Hall–Kier alpha value is 0.354. The van der Waals surface area contributed by atoms with E-state index in [0.717, 1.165) is 6.54 Å². The second-order valence-corrected chi connectivity index (χ2v) is 16.3. The number of hydrogen-bond donors (Lipinski definition) is 1. The lowest BCUT2D eigenvalue weighted by Gasteiger charge is -2.27. The van der Waals surface area contributed by atoms with Gasteiger partial charge in [0, 0.05) is 15.2 Å². The lowest BCUT2D eigenvalue weighted by molar-refractivity contribution is 0.405. The molecule has 4 heteroatoms. The fourth-order valence-electron chi connectivity index (χ4n) is 1.97. The van der Waals surface area contributed by atoms with Crippen LogP contribution in [0.4, 0.5) is 0 Å². The topological polar surface area (TPSA) is 35.2 Å². The van der Waals surface area contributed by atoms with Crippen LogP contribution in [-0.2, 0) is 4.43 Å². The van der Waals surface area contributed by atoms with Gasteiger partial charge < -0.3 is 10.2 Å². The Balaban J connectivity index is 3.72. The molecule has 17 heavy (non-hydrogen) atoms. The van der Waals surface area contributed by atoms with E-state index in [1.165, 1.54) is 43.8 Å². The number of rotatable bonds is 10. The quantitative estimate of drug-likeness (QED) is 0.482. The molecule has 104 valence electrons. The van der Waals surface area contributed by atoms with Gasteiger partial charge in [-0.05, 0) is 32.1 Å². The maximum absolute atomic E-state index is 5.64. The summed E-state index contributed by atoms with van der Waals surface area (Å²) in [6.45, 7) is 10.6. The molecule has 0 aromatic carbocycles. The zero-order chi connectivity index (χ0) is 13.4. The Morgan fingerprint density at radius 3 is 1.94 bits per heavy atom. The van der Waals surface area contributed by atoms with Crippen LogP contribution in [-0.4, -0.2) is 30.0 Å². The van der Waals surface area contributed by atoms with Gasteiger partial charge in [0.25, 0.3) is 0 Å². The molecular weight excluding hydrogens is 242 g/mol. The molecule has 0 unspecified atom stereocenters. The van der Waals surface area contributed by atoms with Gasteiger partial charge in [0.2, 0.25) is 0 Å². The summed E-state index contributed by atoms with van der Waals surface area (Å²) in [7, 11) is -0.413. The lowest BCUT2D eigenvalue weighted by atomic mass is 10.2. The SMILES string of the molecule is CO[Si](C)(C)CC[Si](C)(C)CCCCCCN. The van der Waals surface area contributed by atoms with Gasteiger partial charge in [0.1, 0.15) is 0 Å². The van der Waals surface area contributed by atoms with E-state index in [2.05, 4.69) is 26.2 Å². The summed E-state index contributed by atoms with van der Waals surface area (Å²) in [5.74, 6) is 0. The van der Waals surface area contributed by atoms with E-state index >= 15 is 0 Å². The molecular formula is C13H33NOSi2. The smallest absolute Gasteiger partial charge is 0.185 e. The first-order chi connectivity index (χ1) is 7.83. The van der Waals surface area contributed by atoms with Crippen LogP contribution >= 0.6 is 0 Å². The molecule has 0 saturated carbocycles. The largest absolute Gasteiger partial charge is 0.420 e. The van der Waals surface area contributed by atoms with Crippen molar-refractivity contribution in [1.82, 2.24) is 0 Å². The standard InChI is InChI=1S/C13H33NOSi2/c1-15-17(4,5)13-12-16(2,3)11-9-7-6-8-10-14/h6-14H2,1-5H3. The molecule has 0 amide bonds. The van der Waals surface area contributed by atoms with E-state index in [9.17, 15) is 0 Å². The number of hydrogen-bond acceptors (Lipinski definition) is 2. The average molecular weight is 276 g/mol. The van der Waals surface area contributed by atoms with Crippen molar-refractivity contribution in [1.29, 1.82) is 0 Å². The molecule has 2 N–H and O–H groups in total. The molecule has 0 aliphatic heterocycles. The molecule has 0 rings (SSSR count). The summed E-state index contributed by atoms with van der Waals surface area (Å²) in [5, 5.41) is 0. The van der Waals surface area contributed by atoms with Crippen molar-refractivity contribution in [3.8, 4) is 0 Å². The first-order valence-corrected chi connectivity index (χ1v) is 13.6. The third-order valence-electron chi connectivity index (χ3n) is 3.76. The predicted octanol–water partition coefficient (Wildman–Crippen LogP) is 4.07. The molecule has 0 bridgehead atoms. The summed E-state index contributed by atoms with van der Waals surface area (Å²) in [5.41, 5.74) is 5.51. The van der Waals surface area contributed by atoms with Crippen LogP contribution in [0.1, 0.15) is 25.7 Å². The molecule has 0 aliphatic rings. The highest BCUT2D eigenvalue weighted by Crippen LogP contribution is 2.25. The first kappa shape index (κ1) is 17.4. The van der Waals surface area contributed by atoms with E-state index in [-0.39, 0.29) is 0 Å². The minimum Gasteiger partial charge on any atom is -0.420 e. The van der Waals surface area contributed by atoms with E-state index < -0.39 is 16.4 Å². The van der Waals surface area contributed by atoms with Gasteiger partial charge in [-0.1, -0.05) is 44.4 Å². The highest BCUT2D eigenvalue weighted by atomic mass is 28.4. The fourth-order valence-corrected chi connectivity index (χ4v) is 8.74. The van der Waals surface area contributed by atoms with Crippen molar-refractivity contribution in [3.05, 3.63) is 0 Å². The molecule has 0 atom stereocenters. The van der Waals surface area contributed by atoms with Gasteiger partial charge in [-0.3, -0.25) is 0 Å². The molecule has 0 heterocycles. The van der Waals surface area contributed by atoms with Gasteiger partial charge in [0.15, 0.2) is 8.32 Å². The van der Waals surface area contributed by atoms with Gasteiger partial charge in [-0.2, -0.15) is 0 Å². The van der Waals surface area contributed by atoms with Crippen molar-refractivity contribution in [2.24, 2.45) is 5.73 Å². The van der Waals surface area contributed by atoms with Gasteiger partial charge >= 0.3 is 0 Å². The third kappa shape index (κ3) is 10.0. The molecule has 0 aliphatic carbocycles. The van der Waals surface area contributed by atoms with E-state index in [0.29, 0.717) is 0 Å². The maximum Gasteiger partial charge on any atom is 0.185 e. The number of unbranched alkanes of at least 4 members (excludes halogenated alkanes) is 3. The molecule has 0 fully saturated rings. The van der Waals surface area contributed by atoms with Crippen LogP contribution in [0.2, 0.25) is 44.3 Å². The van der Waals surface area contributed by atoms with Crippen LogP contribution in [0.25, 0.3) is 0 Å². The van der Waals surface area contributed by atoms with Crippen molar-refractivity contribution in [3.63, 3.8) is 0 Å². The molecule has 0 saturated heterocycles. The zero-order valence-corrected chi connectivity index (χ0v) is 14.6. The van der Waals surface area contributed by atoms with Crippen LogP contribution in [0, 0.1) is 0 Å². The van der Waals surface area contributed by atoms with Gasteiger partial charge in [-0.15, -0.1) is 0 Å². The van der Waals surface area contributed by atoms with E-state index in [1.807, 2.05) is 7.11 Å². The van der Waals surface area contributed by atoms with Crippen LogP contribution in [0.5, 0.6) is 0 Å². The molecule has 0 aromatic heterocycles. The summed E-state index contributed by atoms with van der Waals surface area (Å²) in [6.07, 6.45) is 5.30. The minimum atomic E-state index is -1.33. The molecule has 0 radical (unpaired) electrons. The average Bonchev–Trinajstić information content (AvgIpc) is 2.27. The monoisotopic (exact) mass is 275 g/mol. The Labute approximate surface area is 110 Å². The number of nitrogens with two attached hydrogens (primary N) is 1. The van der Waals surface area contributed by atoms with Crippen LogP contribution in [0.15, 0.2) is 0 Å². The Morgan fingerprint density at radius 1 is 0.824 bits per heavy atom. The second kappa shape index (κ2) is 8.45. The molecule has 0 spiro atoms. The normalized spacial score (nSPS) is 13.1. The summed E-state index contributed by atoms with van der Waals surface area (Å²) in [4.78, 5) is 0. The zero-order valence-electron chi connectivity index (χ0n) is 12.6. The summed E-state index contributed by atoms with van der Waals surface area (Å²) >= 11 is 0. The Bertz CT molecular complexity index is 196. The van der Waals surface area contributed by atoms with Crippen molar-refractivity contribution in [2.45, 2.75) is 70.0 Å². The summed E-state index contributed by atoms with van der Waals surface area (Å²) < 4.78 is 5.64. The maximum atomic E-state index is 5.64. The third-order valence-corrected chi connectivity index (χ3v) is 10.1. The minimum absolute atomic E-state index is 0.856. The molecule has 2 nitrogen and oxygen atoms in total. The summed E-state index contributed by atoms with van der Waals surface area (Å²) in [6, 6.07) is 4.26. The van der Waals surface area contributed by atoms with Gasteiger partial charge in [0.05, 0.1) is 0 Å². The van der Waals surface area contributed by atoms with E-state index in [1.54, 1.807) is 0 Å². The Morgan fingerprint density at radius 2 is 1.41 bits per heavy atom. The van der Waals surface area contributed by atoms with Crippen LogP contribution in [0.3, 0.4) is 0 Å². The van der Waals surface area contributed by atoms with Crippen molar-refractivity contribution in [2.75, 3.05) is 13.7 Å². The lowest BCUT2D eigenvalue weighted by Crippen LogP contribution is -2.33. The Kier molecular flexibility index (Phi) is 8.63. The molecule has 0 aromatic rings.